The molecule has 0 unspecified atom stereocenters. The molecule has 0 fully saturated rings. The summed E-state index contributed by atoms with van der Waals surface area (Å²) in [5, 5.41) is 11.8. The van der Waals surface area contributed by atoms with Gasteiger partial charge in [0.25, 0.3) is 0 Å². The van der Waals surface area contributed by atoms with Crippen LogP contribution in [0.4, 0.5) is 0 Å². The van der Waals surface area contributed by atoms with Crippen molar-refractivity contribution in [2.75, 3.05) is 14.1 Å². The van der Waals surface area contributed by atoms with Gasteiger partial charge in [-0.3, -0.25) is 10.2 Å². The third-order valence-electron chi connectivity index (χ3n) is 2.81. The minimum Gasteiger partial charge on any atom is -0.369 e. The predicted molar refractivity (Wildman–Crippen MR) is 75.4 cm³/mol. The van der Waals surface area contributed by atoms with Crippen molar-refractivity contribution in [2.45, 2.75) is 6.42 Å². The van der Waals surface area contributed by atoms with E-state index in [9.17, 15) is 4.79 Å². The number of carbonyl (C=O) groups excluding carboxylic acids is 1. The first kappa shape index (κ1) is 13.8. The molecule has 0 bridgehead atoms. The van der Waals surface area contributed by atoms with Crippen molar-refractivity contribution >= 4 is 11.7 Å². The van der Waals surface area contributed by atoms with Crippen LogP contribution in [0.2, 0.25) is 0 Å². The van der Waals surface area contributed by atoms with Crippen LogP contribution in [-0.2, 0) is 11.2 Å². The number of amidine groups is 1. The smallest absolute Gasteiger partial charge is 0.225 e. The van der Waals surface area contributed by atoms with E-state index in [2.05, 4.69) is 5.16 Å². The van der Waals surface area contributed by atoms with Gasteiger partial charge in [-0.2, -0.15) is 0 Å². The van der Waals surface area contributed by atoms with Crippen LogP contribution < -0.4 is 5.73 Å². The summed E-state index contributed by atoms with van der Waals surface area (Å²) in [6.07, 6.45) is 0.0381. The fourth-order valence-electron chi connectivity index (χ4n) is 1.76. The average molecular weight is 272 g/mol. The van der Waals surface area contributed by atoms with Gasteiger partial charge in [0.1, 0.15) is 17.3 Å². The summed E-state index contributed by atoms with van der Waals surface area (Å²) >= 11 is 0. The number of nitrogens with two attached hydrogens (primary N) is 1. The Morgan fingerprint density at radius 3 is 2.55 bits per heavy atom. The Labute approximate surface area is 116 Å². The molecular weight excluding hydrogens is 256 g/mol. The first-order valence-electron chi connectivity index (χ1n) is 6.08. The molecule has 0 spiro atoms. The molecule has 6 heteroatoms. The van der Waals surface area contributed by atoms with E-state index in [0.717, 1.165) is 11.1 Å². The molecule has 6 nitrogen and oxygen atoms in total. The fourth-order valence-corrected chi connectivity index (χ4v) is 1.76. The summed E-state index contributed by atoms with van der Waals surface area (Å²) in [7, 11) is 3.65. The third-order valence-corrected chi connectivity index (χ3v) is 2.81. The topological polar surface area (TPSA) is 96.2 Å². The summed E-state index contributed by atoms with van der Waals surface area (Å²) in [6.45, 7) is 0. The van der Waals surface area contributed by atoms with Crippen LogP contribution in [0.1, 0.15) is 11.3 Å². The Bertz CT molecular complexity index is 629. The van der Waals surface area contributed by atoms with Crippen molar-refractivity contribution in [1.29, 1.82) is 5.41 Å². The van der Waals surface area contributed by atoms with E-state index in [1.807, 2.05) is 38.4 Å². The highest BCUT2D eigenvalue weighted by Gasteiger charge is 2.09. The van der Waals surface area contributed by atoms with Crippen LogP contribution >= 0.6 is 0 Å². The molecule has 0 aliphatic heterocycles. The Morgan fingerprint density at radius 1 is 1.35 bits per heavy atom. The van der Waals surface area contributed by atoms with Gasteiger partial charge in [-0.15, -0.1) is 0 Å². The Balaban J connectivity index is 2.19. The van der Waals surface area contributed by atoms with Crippen LogP contribution in [-0.4, -0.2) is 35.9 Å². The second-order valence-electron chi connectivity index (χ2n) is 4.64. The Kier molecular flexibility index (Phi) is 3.84. The molecule has 20 heavy (non-hydrogen) atoms. The molecule has 0 aliphatic rings. The van der Waals surface area contributed by atoms with E-state index < -0.39 is 5.91 Å². The van der Waals surface area contributed by atoms with Crippen molar-refractivity contribution in [3.8, 4) is 11.3 Å². The van der Waals surface area contributed by atoms with Gasteiger partial charge in [0.05, 0.1) is 6.42 Å². The first-order valence-corrected chi connectivity index (χ1v) is 6.08. The number of amides is 1. The summed E-state index contributed by atoms with van der Waals surface area (Å²) < 4.78 is 5.04. The van der Waals surface area contributed by atoms with Crippen molar-refractivity contribution in [3.05, 3.63) is 41.7 Å². The number of carbonyl (C=O) groups is 1. The molecule has 0 saturated heterocycles. The molecule has 3 N–H and O–H groups in total. The molecule has 2 aromatic rings. The highest BCUT2D eigenvalue weighted by Crippen LogP contribution is 2.20. The molecular formula is C14H16N4O2. The number of rotatable bonds is 4. The van der Waals surface area contributed by atoms with Crippen LogP contribution in [0.3, 0.4) is 0 Å². The number of aromatic nitrogens is 1. The van der Waals surface area contributed by atoms with E-state index in [1.54, 1.807) is 11.0 Å². The van der Waals surface area contributed by atoms with Crippen molar-refractivity contribution < 1.29 is 9.32 Å². The van der Waals surface area contributed by atoms with Gasteiger partial charge in [-0.25, -0.2) is 0 Å². The molecule has 0 atom stereocenters. The lowest BCUT2D eigenvalue weighted by Crippen LogP contribution is -2.21. The molecule has 0 radical (unpaired) electrons. The third kappa shape index (κ3) is 3.03. The van der Waals surface area contributed by atoms with Crippen LogP contribution in [0, 0.1) is 5.41 Å². The van der Waals surface area contributed by atoms with Gasteiger partial charge in [-0.1, -0.05) is 29.4 Å². The van der Waals surface area contributed by atoms with Gasteiger partial charge in [0.2, 0.25) is 5.91 Å². The molecule has 1 aromatic carbocycles. The fraction of sp³-hybridized carbons (Fsp3) is 0.214. The number of benzene rings is 1. The number of nitrogens with zero attached hydrogens (tertiary/aromatic N) is 2. The number of nitrogens with one attached hydrogen (secondary N) is 1. The summed E-state index contributed by atoms with van der Waals surface area (Å²) in [4.78, 5) is 12.5. The van der Waals surface area contributed by atoms with Gasteiger partial charge < -0.3 is 15.2 Å². The van der Waals surface area contributed by atoms with E-state index >= 15 is 0 Å². The number of hydrogen-bond acceptors (Lipinski definition) is 4. The van der Waals surface area contributed by atoms with Crippen molar-refractivity contribution in [3.63, 3.8) is 0 Å². The molecule has 2 rings (SSSR count). The molecule has 1 amide bonds. The molecule has 1 aromatic heterocycles. The van der Waals surface area contributed by atoms with Crippen molar-refractivity contribution in [2.24, 2.45) is 5.73 Å². The average Bonchev–Trinajstić information content (AvgIpc) is 2.85. The number of hydrogen-bond donors (Lipinski definition) is 2. The molecule has 0 aliphatic carbocycles. The van der Waals surface area contributed by atoms with Gasteiger partial charge in [0, 0.05) is 31.3 Å². The summed E-state index contributed by atoms with van der Waals surface area (Å²) in [6, 6.07) is 9.11. The standard InChI is InChI=1S/C14H16N4O2/c1-18(2)14(16)10-5-3-9(4-6-10)12-7-11(20-17-12)8-13(15)19/h3-7,16H,8H2,1-2H3,(H2,15,19). The largest absolute Gasteiger partial charge is 0.369 e. The predicted octanol–water partition coefficient (Wildman–Crippen LogP) is 1.26. The summed E-state index contributed by atoms with van der Waals surface area (Å²) in [5.41, 5.74) is 7.42. The van der Waals surface area contributed by atoms with Gasteiger partial charge >= 0.3 is 0 Å². The zero-order chi connectivity index (χ0) is 14.7. The first-order chi connectivity index (χ1) is 9.47. The van der Waals surface area contributed by atoms with Gasteiger partial charge in [-0.05, 0) is 0 Å². The monoisotopic (exact) mass is 272 g/mol. The Morgan fingerprint density at radius 2 is 2.00 bits per heavy atom. The highest BCUT2D eigenvalue weighted by molar-refractivity contribution is 5.96. The quantitative estimate of drug-likeness (QED) is 0.646. The second-order valence-corrected chi connectivity index (χ2v) is 4.64. The number of primary amides is 1. The maximum absolute atomic E-state index is 10.8. The summed E-state index contributed by atoms with van der Waals surface area (Å²) in [5.74, 6) is 0.422. The molecule has 1 heterocycles. The van der Waals surface area contributed by atoms with E-state index in [1.165, 1.54) is 0 Å². The maximum Gasteiger partial charge on any atom is 0.225 e. The molecule has 104 valence electrons. The minimum atomic E-state index is -0.456. The van der Waals surface area contributed by atoms with Gasteiger partial charge in [0.15, 0.2) is 0 Å². The van der Waals surface area contributed by atoms with Crippen LogP contribution in [0.5, 0.6) is 0 Å². The highest BCUT2D eigenvalue weighted by atomic mass is 16.5. The van der Waals surface area contributed by atoms with Crippen LogP contribution in [0.25, 0.3) is 11.3 Å². The zero-order valence-electron chi connectivity index (χ0n) is 11.4. The normalized spacial score (nSPS) is 10.3. The van der Waals surface area contributed by atoms with Crippen molar-refractivity contribution in [1.82, 2.24) is 10.1 Å². The SMILES string of the molecule is CN(C)C(=N)c1ccc(-c2cc(CC(N)=O)on2)cc1. The van der Waals surface area contributed by atoms with E-state index in [-0.39, 0.29) is 6.42 Å². The lowest BCUT2D eigenvalue weighted by Gasteiger charge is -2.13. The minimum absolute atomic E-state index is 0.0381. The zero-order valence-corrected chi connectivity index (χ0v) is 11.4. The Hall–Kier alpha value is -2.63. The second kappa shape index (κ2) is 5.56. The lowest BCUT2D eigenvalue weighted by molar-refractivity contribution is -0.117. The lowest BCUT2D eigenvalue weighted by atomic mass is 10.1. The van der Waals surface area contributed by atoms with Crippen LogP contribution in [0.15, 0.2) is 34.9 Å². The maximum atomic E-state index is 10.8. The van der Waals surface area contributed by atoms with E-state index in [0.29, 0.717) is 17.3 Å². The molecule has 0 saturated carbocycles. The van der Waals surface area contributed by atoms with E-state index in [4.69, 9.17) is 15.7 Å².